The Hall–Kier alpha value is -1.37. The van der Waals surface area contributed by atoms with Crippen molar-refractivity contribution in [3.8, 4) is 0 Å². The number of hydrogen-bond donors (Lipinski definition) is 1. The van der Waals surface area contributed by atoms with Gasteiger partial charge in [0.25, 0.3) is 0 Å². The van der Waals surface area contributed by atoms with Gasteiger partial charge in [0.1, 0.15) is 5.56 Å². The third-order valence-electron chi connectivity index (χ3n) is 3.93. The van der Waals surface area contributed by atoms with E-state index in [-0.39, 0.29) is 17.1 Å². The van der Waals surface area contributed by atoms with Crippen molar-refractivity contribution in [2.45, 2.75) is 45.6 Å². The summed E-state index contributed by atoms with van der Waals surface area (Å²) in [4.78, 5) is 11.4. The van der Waals surface area contributed by atoms with Crippen LogP contribution >= 0.6 is 0 Å². The number of aromatic carboxylic acids is 1. The topological polar surface area (TPSA) is 89.3 Å². The summed E-state index contributed by atoms with van der Waals surface area (Å²) in [7, 11) is -3.07. The van der Waals surface area contributed by atoms with Crippen LogP contribution in [0.4, 0.5) is 0 Å². The molecule has 2 rings (SSSR count). The first-order valence-corrected chi connectivity index (χ1v) is 8.61. The lowest BCUT2D eigenvalue weighted by atomic mass is 10.0. The molecule has 7 heteroatoms. The van der Waals surface area contributed by atoms with Crippen LogP contribution in [-0.4, -0.2) is 40.8 Å². The van der Waals surface area contributed by atoms with Crippen LogP contribution in [0, 0.1) is 0 Å². The fourth-order valence-electron chi connectivity index (χ4n) is 2.93. The van der Waals surface area contributed by atoms with E-state index in [0.29, 0.717) is 30.7 Å². The summed E-state index contributed by atoms with van der Waals surface area (Å²) >= 11 is 0. The first-order valence-electron chi connectivity index (χ1n) is 6.79. The van der Waals surface area contributed by atoms with E-state index in [0.717, 1.165) is 0 Å². The van der Waals surface area contributed by atoms with Crippen molar-refractivity contribution in [3.63, 3.8) is 0 Å². The first-order chi connectivity index (χ1) is 9.24. The standard InChI is InChI=1S/C13H20N2O4S/c1-4-9-11(12(16)17)10(5-2)15(14-9)13(3)6-7-20(18,19)8-13/h4-8H2,1-3H3,(H,16,17). The molecule has 20 heavy (non-hydrogen) atoms. The largest absolute Gasteiger partial charge is 0.478 e. The molecular formula is C13H20N2O4S. The second-order valence-electron chi connectivity index (χ2n) is 5.53. The molecule has 1 unspecified atom stereocenters. The minimum absolute atomic E-state index is 0.0247. The minimum atomic E-state index is -3.07. The highest BCUT2D eigenvalue weighted by Gasteiger charge is 2.42. The highest BCUT2D eigenvalue weighted by atomic mass is 32.2. The van der Waals surface area contributed by atoms with Crippen LogP contribution in [0.3, 0.4) is 0 Å². The maximum atomic E-state index is 11.8. The van der Waals surface area contributed by atoms with E-state index >= 15 is 0 Å². The molecule has 1 saturated heterocycles. The molecule has 1 atom stereocenters. The number of hydrogen-bond acceptors (Lipinski definition) is 4. The maximum Gasteiger partial charge on any atom is 0.339 e. The van der Waals surface area contributed by atoms with Gasteiger partial charge < -0.3 is 5.11 Å². The Labute approximate surface area is 118 Å². The molecule has 0 spiro atoms. The average molecular weight is 300 g/mol. The molecule has 1 aromatic heterocycles. The molecule has 0 saturated carbocycles. The molecule has 0 radical (unpaired) electrons. The van der Waals surface area contributed by atoms with Gasteiger partial charge in [0, 0.05) is 0 Å². The van der Waals surface area contributed by atoms with Gasteiger partial charge in [-0.1, -0.05) is 13.8 Å². The van der Waals surface area contributed by atoms with Crippen molar-refractivity contribution in [3.05, 3.63) is 17.0 Å². The van der Waals surface area contributed by atoms with Crippen LogP contribution in [0.25, 0.3) is 0 Å². The fourth-order valence-corrected chi connectivity index (χ4v) is 5.04. The Morgan fingerprint density at radius 3 is 2.45 bits per heavy atom. The van der Waals surface area contributed by atoms with E-state index in [1.165, 1.54) is 0 Å². The minimum Gasteiger partial charge on any atom is -0.478 e. The van der Waals surface area contributed by atoms with E-state index in [4.69, 9.17) is 0 Å². The zero-order chi connectivity index (χ0) is 15.1. The lowest BCUT2D eigenvalue weighted by Crippen LogP contribution is -2.34. The summed E-state index contributed by atoms with van der Waals surface area (Å²) < 4.78 is 25.2. The van der Waals surface area contributed by atoms with Gasteiger partial charge in [-0.05, 0) is 26.2 Å². The Balaban J connectivity index is 2.61. The molecule has 6 nitrogen and oxygen atoms in total. The van der Waals surface area contributed by atoms with E-state index in [1.807, 2.05) is 20.8 Å². The number of sulfone groups is 1. The Kier molecular flexibility index (Phi) is 3.66. The zero-order valence-electron chi connectivity index (χ0n) is 12.0. The number of nitrogens with zero attached hydrogens (tertiary/aromatic N) is 2. The molecule has 1 fully saturated rings. The van der Waals surface area contributed by atoms with Crippen LogP contribution in [-0.2, 0) is 28.2 Å². The Morgan fingerprint density at radius 2 is 2.05 bits per heavy atom. The van der Waals surface area contributed by atoms with E-state index in [9.17, 15) is 18.3 Å². The maximum absolute atomic E-state index is 11.8. The van der Waals surface area contributed by atoms with Crippen LogP contribution in [0.1, 0.15) is 48.9 Å². The van der Waals surface area contributed by atoms with Crippen molar-refractivity contribution in [2.24, 2.45) is 0 Å². The first kappa shape index (κ1) is 15.0. The number of aromatic nitrogens is 2. The van der Waals surface area contributed by atoms with E-state index in [2.05, 4.69) is 5.10 Å². The monoisotopic (exact) mass is 300 g/mol. The fraction of sp³-hybridized carbons (Fsp3) is 0.692. The van der Waals surface area contributed by atoms with Crippen molar-refractivity contribution in [1.82, 2.24) is 9.78 Å². The van der Waals surface area contributed by atoms with E-state index < -0.39 is 21.3 Å². The van der Waals surface area contributed by atoms with Crippen LogP contribution in [0.15, 0.2) is 0 Å². The molecular weight excluding hydrogens is 280 g/mol. The van der Waals surface area contributed by atoms with Crippen molar-refractivity contribution in [2.75, 3.05) is 11.5 Å². The summed E-state index contributed by atoms with van der Waals surface area (Å²) in [6.07, 6.45) is 1.51. The highest BCUT2D eigenvalue weighted by Crippen LogP contribution is 2.33. The number of rotatable bonds is 4. The zero-order valence-corrected chi connectivity index (χ0v) is 12.8. The van der Waals surface area contributed by atoms with Gasteiger partial charge in [-0.3, -0.25) is 4.68 Å². The van der Waals surface area contributed by atoms with E-state index in [1.54, 1.807) is 4.68 Å². The SMILES string of the molecule is CCc1nn(C2(C)CCS(=O)(=O)C2)c(CC)c1C(=O)O. The quantitative estimate of drug-likeness (QED) is 0.903. The predicted octanol–water partition coefficient (Wildman–Crippen LogP) is 1.24. The highest BCUT2D eigenvalue weighted by molar-refractivity contribution is 7.91. The van der Waals surface area contributed by atoms with Gasteiger partial charge in [0.2, 0.25) is 0 Å². The molecule has 0 aliphatic carbocycles. The van der Waals surface area contributed by atoms with Gasteiger partial charge in [-0.25, -0.2) is 13.2 Å². The summed E-state index contributed by atoms with van der Waals surface area (Å²) in [5.41, 5.74) is 0.747. The predicted molar refractivity (Wildman–Crippen MR) is 74.9 cm³/mol. The van der Waals surface area contributed by atoms with Gasteiger partial charge in [-0.15, -0.1) is 0 Å². The smallest absolute Gasteiger partial charge is 0.339 e. The number of carboxylic acids is 1. The van der Waals surface area contributed by atoms with Crippen molar-refractivity contribution >= 4 is 15.8 Å². The lowest BCUT2D eigenvalue weighted by molar-refractivity contribution is 0.0694. The Morgan fingerprint density at radius 1 is 1.40 bits per heavy atom. The number of carbonyl (C=O) groups is 1. The van der Waals surface area contributed by atoms with Crippen LogP contribution < -0.4 is 0 Å². The summed E-state index contributed by atoms with van der Waals surface area (Å²) in [6.45, 7) is 5.56. The molecule has 112 valence electrons. The van der Waals surface area contributed by atoms with Crippen LogP contribution in [0.2, 0.25) is 0 Å². The number of carboxylic acid groups (broad SMARTS) is 1. The van der Waals surface area contributed by atoms with Crippen molar-refractivity contribution in [1.29, 1.82) is 0 Å². The molecule has 1 aromatic rings. The molecule has 2 heterocycles. The second-order valence-corrected chi connectivity index (χ2v) is 7.72. The van der Waals surface area contributed by atoms with Gasteiger partial charge >= 0.3 is 5.97 Å². The normalized spacial score (nSPS) is 24.9. The molecule has 1 aliphatic heterocycles. The lowest BCUT2D eigenvalue weighted by Gasteiger charge is -2.25. The third kappa shape index (κ3) is 2.34. The molecule has 0 amide bonds. The Bertz CT molecular complexity index is 648. The molecule has 1 N–H and O–H groups in total. The van der Waals surface area contributed by atoms with Gasteiger partial charge in [0.15, 0.2) is 9.84 Å². The summed E-state index contributed by atoms with van der Waals surface area (Å²) in [5, 5.41) is 13.8. The molecule has 1 aliphatic rings. The van der Waals surface area contributed by atoms with Gasteiger partial charge in [-0.2, -0.15) is 5.10 Å². The van der Waals surface area contributed by atoms with Gasteiger partial charge in [0.05, 0.1) is 28.4 Å². The van der Waals surface area contributed by atoms with Crippen LogP contribution in [0.5, 0.6) is 0 Å². The molecule has 0 bridgehead atoms. The summed E-state index contributed by atoms with van der Waals surface area (Å²) in [6, 6.07) is 0. The number of aryl methyl sites for hydroxylation is 1. The molecule has 0 aromatic carbocycles. The summed E-state index contributed by atoms with van der Waals surface area (Å²) in [5.74, 6) is -0.831. The average Bonchev–Trinajstić information content (AvgIpc) is 2.87. The second kappa shape index (κ2) is 4.87. The van der Waals surface area contributed by atoms with Crippen molar-refractivity contribution < 1.29 is 18.3 Å². The third-order valence-corrected chi connectivity index (χ3v) is 5.82.